The number of benzene rings is 2. The number of carbonyl (C=O) groups is 1. The van der Waals surface area contributed by atoms with Crippen molar-refractivity contribution >= 4 is 22.5 Å². The molecular formula is C19H18N2O2. The number of hydrogen-bond donors (Lipinski definition) is 2. The number of carbonyl (C=O) groups excluding carboxylic acids is 1. The van der Waals surface area contributed by atoms with Crippen LogP contribution in [0, 0.1) is 0 Å². The standard InChI is InChI=1S/C19H18N2O2/c22-19(21-15-6-9-18-14(12-15)10-11-20-18)13-4-7-17(8-5-13)23-16-2-1-3-16/h4-12,16,20H,1-3H2,(H,21,22). The van der Waals surface area contributed by atoms with Crippen molar-refractivity contribution in [3.8, 4) is 5.75 Å². The van der Waals surface area contributed by atoms with E-state index in [1.807, 2.05) is 42.6 Å². The van der Waals surface area contributed by atoms with E-state index in [4.69, 9.17) is 4.74 Å². The SMILES string of the molecule is O=C(Nc1ccc2[nH]ccc2c1)c1ccc(OC2CCC2)cc1. The summed E-state index contributed by atoms with van der Waals surface area (Å²) in [6.07, 6.45) is 5.74. The topological polar surface area (TPSA) is 54.1 Å². The van der Waals surface area contributed by atoms with Gasteiger partial charge in [-0.15, -0.1) is 0 Å². The molecule has 1 heterocycles. The Morgan fingerprint density at radius 3 is 2.65 bits per heavy atom. The van der Waals surface area contributed by atoms with Crippen LogP contribution in [0.4, 0.5) is 5.69 Å². The lowest BCUT2D eigenvalue weighted by Gasteiger charge is -2.26. The van der Waals surface area contributed by atoms with E-state index in [9.17, 15) is 4.79 Å². The lowest BCUT2D eigenvalue weighted by molar-refractivity contribution is 0.102. The number of hydrogen-bond acceptors (Lipinski definition) is 2. The van der Waals surface area contributed by atoms with Crippen molar-refractivity contribution in [2.24, 2.45) is 0 Å². The molecule has 1 aliphatic carbocycles. The molecule has 0 atom stereocenters. The Labute approximate surface area is 134 Å². The first-order valence-corrected chi connectivity index (χ1v) is 7.93. The molecule has 1 amide bonds. The third-order valence-corrected chi connectivity index (χ3v) is 4.28. The molecule has 0 saturated heterocycles. The maximum absolute atomic E-state index is 12.3. The van der Waals surface area contributed by atoms with Crippen molar-refractivity contribution in [2.75, 3.05) is 5.32 Å². The number of nitrogens with one attached hydrogen (secondary N) is 2. The Hall–Kier alpha value is -2.75. The average Bonchev–Trinajstić information content (AvgIpc) is 2.99. The van der Waals surface area contributed by atoms with E-state index in [2.05, 4.69) is 10.3 Å². The number of H-pyrrole nitrogens is 1. The van der Waals surface area contributed by atoms with Gasteiger partial charge in [0, 0.05) is 28.4 Å². The zero-order valence-electron chi connectivity index (χ0n) is 12.7. The summed E-state index contributed by atoms with van der Waals surface area (Å²) in [5, 5.41) is 4.01. The molecule has 3 aromatic rings. The monoisotopic (exact) mass is 306 g/mol. The predicted octanol–water partition coefficient (Wildman–Crippen LogP) is 4.35. The predicted molar refractivity (Wildman–Crippen MR) is 91.0 cm³/mol. The van der Waals surface area contributed by atoms with Gasteiger partial charge in [-0.25, -0.2) is 0 Å². The van der Waals surface area contributed by atoms with Crippen molar-refractivity contribution in [3.05, 3.63) is 60.3 Å². The fraction of sp³-hybridized carbons (Fsp3) is 0.211. The summed E-state index contributed by atoms with van der Waals surface area (Å²) in [7, 11) is 0. The zero-order chi connectivity index (χ0) is 15.6. The van der Waals surface area contributed by atoms with Crippen LogP contribution in [0.2, 0.25) is 0 Å². The van der Waals surface area contributed by atoms with Crippen molar-refractivity contribution in [3.63, 3.8) is 0 Å². The minimum Gasteiger partial charge on any atom is -0.490 e. The summed E-state index contributed by atoms with van der Waals surface area (Å²) < 4.78 is 5.81. The molecule has 4 nitrogen and oxygen atoms in total. The highest BCUT2D eigenvalue weighted by atomic mass is 16.5. The van der Waals surface area contributed by atoms with E-state index in [0.29, 0.717) is 11.7 Å². The van der Waals surface area contributed by atoms with Gasteiger partial charge in [-0.1, -0.05) is 0 Å². The summed E-state index contributed by atoms with van der Waals surface area (Å²) in [4.78, 5) is 15.5. The van der Waals surface area contributed by atoms with Crippen LogP contribution >= 0.6 is 0 Å². The Morgan fingerprint density at radius 2 is 1.91 bits per heavy atom. The van der Waals surface area contributed by atoms with Gasteiger partial charge < -0.3 is 15.0 Å². The van der Waals surface area contributed by atoms with Gasteiger partial charge >= 0.3 is 0 Å². The van der Waals surface area contributed by atoms with Gasteiger partial charge in [-0.3, -0.25) is 4.79 Å². The number of anilines is 1. The van der Waals surface area contributed by atoms with E-state index in [0.717, 1.165) is 35.2 Å². The fourth-order valence-corrected chi connectivity index (χ4v) is 2.70. The first-order chi connectivity index (χ1) is 11.3. The molecule has 0 bridgehead atoms. The minimum absolute atomic E-state index is 0.116. The second-order valence-electron chi connectivity index (χ2n) is 5.93. The summed E-state index contributed by atoms with van der Waals surface area (Å²) in [6, 6.07) is 15.1. The van der Waals surface area contributed by atoms with Crippen molar-refractivity contribution in [1.82, 2.24) is 4.98 Å². The lowest BCUT2D eigenvalue weighted by Crippen LogP contribution is -2.24. The van der Waals surface area contributed by atoms with Gasteiger partial charge in [-0.05, 0) is 67.8 Å². The van der Waals surface area contributed by atoms with Crippen LogP contribution < -0.4 is 10.1 Å². The molecule has 0 spiro atoms. The normalized spacial score (nSPS) is 14.4. The van der Waals surface area contributed by atoms with Gasteiger partial charge in [0.05, 0.1) is 6.10 Å². The van der Waals surface area contributed by atoms with Crippen LogP contribution in [0.1, 0.15) is 29.6 Å². The fourth-order valence-electron chi connectivity index (χ4n) is 2.70. The quantitative estimate of drug-likeness (QED) is 0.753. The van der Waals surface area contributed by atoms with Gasteiger partial charge in [0.25, 0.3) is 5.91 Å². The molecule has 116 valence electrons. The van der Waals surface area contributed by atoms with E-state index >= 15 is 0 Å². The molecule has 23 heavy (non-hydrogen) atoms. The van der Waals surface area contributed by atoms with Crippen LogP contribution in [0.25, 0.3) is 10.9 Å². The molecule has 0 unspecified atom stereocenters. The number of rotatable bonds is 4. The third-order valence-electron chi connectivity index (χ3n) is 4.28. The number of ether oxygens (including phenoxy) is 1. The number of fused-ring (bicyclic) bond motifs is 1. The smallest absolute Gasteiger partial charge is 0.255 e. The van der Waals surface area contributed by atoms with Crippen molar-refractivity contribution in [1.29, 1.82) is 0 Å². The van der Waals surface area contributed by atoms with Crippen LogP contribution in [-0.2, 0) is 0 Å². The van der Waals surface area contributed by atoms with E-state index in [-0.39, 0.29) is 5.91 Å². The molecule has 0 aliphatic heterocycles. The molecule has 2 N–H and O–H groups in total. The Bertz CT molecular complexity index is 832. The van der Waals surface area contributed by atoms with Crippen LogP contribution in [0.3, 0.4) is 0 Å². The minimum atomic E-state index is -0.116. The molecule has 1 saturated carbocycles. The number of amides is 1. The van der Waals surface area contributed by atoms with Crippen molar-refractivity contribution in [2.45, 2.75) is 25.4 Å². The molecule has 4 rings (SSSR count). The van der Waals surface area contributed by atoms with Crippen LogP contribution in [-0.4, -0.2) is 17.0 Å². The van der Waals surface area contributed by atoms with Gasteiger partial charge in [0.15, 0.2) is 0 Å². The maximum Gasteiger partial charge on any atom is 0.255 e. The Kier molecular flexibility index (Phi) is 3.50. The van der Waals surface area contributed by atoms with Gasteiger partial charge in [-0.2, -0.15) is 0 Å². The highest BCUT2D eigenvalue weighted by Gasteiger charge is 2.19. The molecule has 1 aromatic heterocycles. The van der Waals surface area contributed by atoms with E-state index < -0.39 is 0 Å². The van der Waals surface area contributed by atoms with Crippen molar-refractivity contribution < 1.29 is 9.53 Å². The first kappa shape index (κ1) is 13.9. The molecule has 4 heteroatoms. The van der Waals surface area contributed by atoms with E-state index in [1.54, 1.807) is 12.1 Å². The lowest BCUT2D eigenvalue weighted by atomic mass is 9.96. The highest BCUT2D eigenvalue weighted by molar-refractivity contribution is 6.05. The summed E-state index contributed by atoms with van der Waals surface area (Å²) in [6.45, 7) is 0. The highest BCUT2D eigenvalue weighted by Crippen LogP contribution is 2.25. The first-order valence-electron chi connectivity index (χ1n) is 7.93. The molecule has 1 fully saturated rings. The maximum atomic E-state index is 12.3. The summed E-state index contributed by atoms with van der Waals surface area (Å²) >= 11 is 0. The average molecular weight is 306 g/mol. The Morgan fingerprint density at radius 1 is 1.09 bits per heavy atom. The van der Waals surface area contributed by atoms with Gasteiger partial charge in [0.2, 0.25) is 0 Å². The Balaban J connectivity index is 1.45. The molecule has 0 radical (unpaired) electrons. The summed E-state index contributed by atoms with van der Waals surface area (Å²) in [5.74, 6) is 0.718. The van der Waals surface area contributed by atoms with Crippen LogP contribution in [0.15, 0.2) is 54.7 Å². The second-order valence-corrected chi connectivity index (χ2v) is 5.93. The van der Waals surface area contributed by atoms with E-state index in [1.165, 1.54) is 6.42 Å². The third kappa shape index (κ3) is 2.93. The molecule has 2 aromatic carbocycles. The number of aromatic amines is 1. The zero-order valence-corrected chi connectivity index (χ0v) is 12.7. The summed E-state index contributed by atoms with van der Waals surface area (Å²) in [5.41, 5.74) is 2.47. The molecular weight excluding hydrogens is 288 g/mol. The van der Waals surface area contributed by atoms with Gasteiger partial charge in [0.1, 0.15) is 5.75 Å². The van der Waals surface area contributed by atoms with Crippen LogP contribution in [0.5, 0.6) is 5.75 Å². The number of aromatic nitrogens is 1. The molecule has 1 aliphatic rings. The largest absolute Gasteiger partial charge is 0.490 e. The second kappa shape index (κ2) is 5.80.